The molecule has 2 aliphatic rings. The highest BCUT2D eigenvalue weighted by Gasteiger charge is 2.51. The van der Waals surface area contributed by atoms with Gasteiger partial charge in [0.05, 0.1) is 5.60 Å². The first kappa shape index (κ1) is 7.50. The van der Waals surface area contributed by atoms with Gasteiger partial charge in [0.25, 0.3) is 0 Å². The average molecular weight is 159 g/mol. The normalized spacial score (nSPS) is 30.0. The van der Waals surface area contributed by atoms with Crippen molar-refractivity contribution in [1.82, 2.24) is 4.90 Å². The van der Waals surface area contributed by atoms with Gasteiger partial charge >= 0.3 is 0 Å². The van der Waals surface area contributed by atoms with Crippen LogP contribution >= 0.6 is 0 Å². The van der Waals surface area contributed by atoms with E-state index in [4.69, 9.17) is 0 Å². The fraction of sp³-hybridized carbons (Fsp3) is 1.00. The smallest absolute Gasteiger partial charge is 0.102 e. The van der Waals surface area contributed by atoms with E-state index in [1.54, 1.807) is 0 Å². The van der Waals surface area contributed by atoms with Gasteiger partial charge in [0.1, 0.15) is 6.67 Å². The molecule has 0 spiro atoms. The number of alkyl halides is 1. The minimum Gasteiger partial charge on any atom is -0.387 e. The zero-order chi connectivity index (χ0) is 7.90. The minimum absolute atomic E-state index is 0.291. The van der Waals surface area contributed by atoms with Crippen molar-refractivity contribution < 1.29 is 9.50 Å². The van der Waals surface area contributed by atoms with E-state index < -0.39 is 5.60 Å². The molecule has 64 valence electrons. The highest BCUT2D eigenvalue weighted by atomic mass is 19.1. The van der Waals surface area contributed by atoms with Crippen molar-refractivity contribution in [3.63, 3.8) is 0 Å². The minimum atomic E-state index is -0.435. The van der Waals surface area contributed by atoms with Gasteiger partial charge in [-0.05, 0) is 18.8 Å². The van der Waals surface area contributed by atoms with Gasteiger partial charge in [-0.1, -0.05) is 0 Å². The Balaban J connectivity index is 1.76. The summed E-state index contributed by atoms with van der Waals surface area (Å²) < 4.78 is 11.8. The van der Waals surface area contributed by atoms with Crippen molar-refractivity contribution >= 4 is 0 Å². The highest BCUT2D eigenvalue weighted by Crippen LogP contribution is 2.44. The maximum atomic E-state index is 11.8. The van der Waals surface area contributed by atoms with Crippen LogP contribution in [0.1, 0.15) is 12.8 Å². The van der Waals surface area contributed by atoms with E-state index >= 15 is 0 Å². The molecule has 2 fully saturated rings. The summed E-state index contributed by atoms with van der Waals surface area (Å²) in [7, 11) is 0. The van der Waals surface area contributed by atoms with Gasteiger partial charge in [-0.15, -0.1) is 0 Å². The third-order valence-corrected chi connectivity index (χ3v) is 2.73. The molecule has 0 aromatic carbocycles. The number of nitrogens with zero attached hydrogens (tertiary/aromatic N) is 1. The first-order chi connectivity index (χ1) is 5.24. The average Bonchev–Trinajstić information content (AvgIpc) is 2.65. The van der Waals surface area contributed by atoms with E-state index in [1.807, 2.05) is 4.90 Å². The lowest BCUT2D eigenvalue weighted by molar-refractivity contribution is -0.113. The number of halogens is 1. The lowest BCUT2D eigenvalue weighted by Crippen LogP contribution is -2.63. The summed E-state index contributed by atoms with van der Waals surface area (Å²) in [6.45, 7) is 1.60. The molecule has 2 rings (SSSR count). The van der Waals surface area contributed by atoms with Crippen molar-refractivity contribution in [2.45, 2.75) is 18.4 Å². The van der Waals surface area contributed by atoms with Crippen molar-refractivity contribution in [1.29, 1.82) is 0 Å². The largest absolute Gasteiger partial charge is 0.387 e. The van der Waals surface area contributed by atoms with Crippen molar-refractivity contribution in [3.05, 3.63) is 0 Å². The Kier molecular flexibility index (Phi) is 1.65. The van der Waals surface area contributed by atoms with E-state index in [9.17, 15) is 9.50 Å². The second kappa shape index (κ2) is 2.42. The zero-order valence-corrected chi connectivity index (χ0v) is 6.59. The van der Waals surface area contributed by atoms with Crippen LogP contribution in [0.3, 0.4) is 0 Å². The fourth-order valence-electron chi connectivity index (χ4n) is 1.88. The van der Waals surface area contributed by atoms with E-state index in [0.29, 0.717) is 25.6 Å². The Morgan fingerprint density at radius 1 is 1.45 bits per heavy atom. The molecule has 3 heteroatoms. The van der Waals surface area contributed by atoms with Gasteiger partial charge in [0.15, 0.2) is 0 Å². The molecule has 1 saturated carbocycles. The SMILES string of the molecule is OC1(C2CC2)CN(CCF)C1. The molecule has 0 radical (unpaired) electrons. The second-order valence-electron chi connectivity index (χ2n) is 3.78. The van der Waals surface area contributed by atoms with Crippen LogP contribution in [-0.2, 0) is 0 Å². The van der Waals surface area contributed by atoms with Gasteiger partial charge in [-0.2, -0.15) is 0 Å². The van der Waals surface area contributed by atoms with Gasteiger partial charge in [-0.25, -0.2) is 4.39 Å². The Morgan fingerprint density at radius 3 is 2.55 bits per heavy atom. The Labute approximate surface area is 66.0 Å². The maximum Gasteiger partial charge on any atom is 0.102 e. The molecule has 1 saturated heterocycles. The number of β-amino-alcohol motifs (C(OH)–C–C–N with tert-alkyl or cyclic N) is 1. The molecular formula is C8H14FNO. The summed E-state index contributed by atoms with van der Waals surface area (Å²) in [6.07, 6.45) is 2.33. The monoisotopic (exact) mass is 159 g/mol. The highest BCUT2D eigenvalue weighted by molar-refractivity contribution is 5.05. The van der Waals surface area contributed by atoms with Crippen LogP contribution in [0.15, 0.2) is 0 Å². The van der Waals surface area contributed by atoms with Crippen molar-refractivity contribution in [2.24, 2.45) is 5.92 Å². The van der Waals surface area contributed by atoms with E-state index in [0.717, 1.165) is 0 Å². The van der Waals surface area contributed by atoms with Crippen LogP contribution in [-0.4, -0.2) is 41.9 Å². The second-order valence-corrected chi connectivity index (χ2v) is 3.78. The summed E-state index contributed by atoms with van der Waals surface area (Å²) in [5.74, 6) is 0.526. The van der Waals surface area contributed by atoms with Crippen LogP contribution in [0, 0.1) is 5.92 Å². The first-order valence-electron chi connectivity index (χ1n) is 4.25. The molecule has 11 heavy (non-hydrogen) atoms. The molecular weight excluding hydrogens is 145 g/mol. The maximum absolute atomic E-state index is 11.8. The van der Waals surface area contributed by atoms with Gasteiger partial charge in [0, 0.05) is 19.6 Å². The number of hydrogen-bond acceptors (Lipinski definition) is 2. The van der Waals surface area contributed by atoms with Crippen LogP contribution in [0.2, 0.25) is 0 Å². The molecule has 0 atom stereocenters. The molecule has 1 aliphatic heterocycles. The Bertz CT molecular complexity index is 152. The summed E-state index contributed by atoms with van der Waals surface area (Å²) >= 11 is 0. The molecule has 1 heterocycles. The molecule has 0 unspecified atom stereocenters. The van der Waals surface area contributed by atoms with Crippen LogP contribution in [0.4, 0.5) is 4.39 Å². The Hall–Kier alpha value is -0.150. The lowest BCUT2D eigenvalue weighted by Gasteiger charge is -2.46. The first-order valence-corrected chi connectivity index (χ1v) is 4.25. The lowest BCUT2D eigenvalue weighted by atomic mass is 9.89. The van der Waals surface area contributed by atoms with Gasteiger partial charge in [-0.3, -0.25) is 4.90 Å². The Morgan fingerprint density at radius 2 is 2.09 bits per heavy atom. The van der Waals surface area contributed by atoms with Crippen LogP contribution in [0.25, 0.3) is 0 Å². The quantitative estimate of drug-likeness (QED) is 0.645. The van der Waals surface area contributed by atoms with E-state index in [-0.39, 0.29) is 6.67 Å². The summed E-state index contributed by atoms with van der Waals surface area (Å²) in [5, 5.41) is 9.78. The standard InChI is InChI=1S/C8H14FNO/c9-3-4-10-5-8(11,6-10)7-1-2-7/h7,11H,1-6H2. The third kappa shape index (κ3) is 1.27. The predicted octanol–water partition coefficient (Wildman–Crippen LogP) is 0.413. The molecule has 0 bridgehead atoms. The van der Waals surface area contributed by atoms with Crippen molar-refractivity contribution in [3.8, 4) is 0 Å². The number of hydrogen-bond donors (Lipinski definition) is 1. The van der Waals surface area contributed by atoms with Gasteiger partial charge in [0.2, 0.25) is 0 Å². The van der Waals surface area contributed by atoms with E-state index in [1.165, 1.54) is 12.8 Å². The van der Waals surface area contributed by atoms with E-state index in [2.05, 4.69) is 0 Å². The van der Waals surface area contributed by atoms with Crippen LogP contribution < -0.4 is 0 Å². The zero-order valence-electron chi connectivity index (χ0n) is 6.59. The molecule has 1 N–H and O–H groups in total. The van der Waals surface area contributed by atoms with Crippen LogP contribution in [0.5, 0.6) is 0 Å². The number of aliphatic hydroxyl groups is 1. The molecule has 0 aromatic heterocycles. The summed E-state index contributed by atoms with van der Waals surface area (Å²) in [4.78, 5) is 1.97. The molecule has 2 nitrogen and oxygen atoms in total. The molecule has 1 aliphatic carbocycles. The summed E-state index contributed by atoms with van der Waals surface area (Å²) in [6, 6.07) is 0. The number of likely N-dealkylation sites (tertiary alicyclic amines) is 1. The number of rotatable bonds is 3. The fourth-order valence-corrected chi connectivity index (χ4v) is 1.88. The predicted molar refractivity (Wildman–Crippen MR) is 40.1 cm³/mol. The molecule has 0 amide bonds. The summed E-state index contributed by atoms with van der Waals surface area (Å²) in [5.41, 5.74) is -0.435. The molecule has 0 aromatic rings. The van der Waals surface area contributed by atoms with Gasteiger partial charge < -0.3 is 5.11 Å². The topological polar surface area (TPSA) is 23.5 Å². The third-order valence-electron chi connectivity index (χ3n) is 2.73. The van der Waals surface area contributed by atoms with Crippen molar-refractivity contribution in [2.75, 3.05) is 26.3 Å².